The van der Waals surface area contributed by atoms with Crippen LogP contribution in [0, 0.1) is 5.92 Å². The van der Waals surface area contributed by atoms with Crippen molar-refractivity contribution >= 4 is 40.1 Å². The Morgan fingerprint density at radius 1 is 1.14 bits per heavy atom. The molecule has 160 valence electrons. The lowest BCUT2D eigenvalue weighted by atomic mass is 9.81. The molecule has 7 nitrogen and oxygen atoms in total. The third-order valence-corrected chi connectivity index (χ3v) is 6.01. The van der Waals surface area contributed by atoms with Gasteiger partial charge in [-0.1, -0.05) is 11.6 Å². The fourth-order valence-corrected chi connectivity index (χ4v) is 4.22. The summed E-state index contributed by atoms with van der Waals surface area (Å²) in [6.45, 7) is 1.56. The van der Waals surface area contributed by atoms with Gasteiger partial charge in [-0.05, 0) is 29.7 Å². The highest BCUT2D eigenvalue weighted by atomic mass is 35.5. The number of carbonyl (C=O) groups excluding carboxylic acids is 3. The Bertz CT molecular complexity index is 735. The van der Waals surface area contributed by atoms with Crippen LogP contribution >= 0.6 is 11.6 Å². The lowest BCUT2D eigenvalue weighted by Crippen LogP contribution is -2.35. The number of hydrogen-bond acceptors (Lipinski definition) is 7. The van der Waals surface area contributed by atoms with Crippen LogP contribution in [0.1, 0.15) is 35.2 Å². The van der Waals surface area contributed by atoms with Crippen LogP contribution in [-0.2, 0) is 41.6 Å². The molecule has 1 aromatic rings. The number of methoxy groups -OCH3 is 1. The minimum absolute atomic E-state index is 0.0229. The second-order valence-electron chi connectivity index (χ2n) is 6.60. The molecule has 0 amide bonds. The first-order chi connectivity index (χ1) is 13.9. The molecule has 1 aliphatic carbocycles. The van der Waals surface area contributed by atoms with Gasteiger partial charge in [0.15, 0.2) is 22.2 Å². The summed E-state index contributed by atoms with van der Waals surface area (Å²) in [4.78, 5) is 37.6. The lowest BCUT2D eigenvalue weighted by molar-refractivity contribution is -0.133. The maximum Gasteiger partial charge on any atom is 0.182 e. The molecule has 1 unspecified atom stereocenters. The second-order valence-corrected chi connectivity index (χ2v) is 8.33. The summed E-state index contributed by atoms with van der Waals surface area (Å²) in [5.74, 6) is -2.67. The number of Topliss-reactive ketones (excluding diaryl/α,β-unsaturated/α-hetero) is 3. The van der Waals surface area contributed by atoms with Crippen LogP contribution in [0.5, 0.6) is 0 Å². The molecule has 0 aliphatic heterocycles. The number of hydrogen-bond donors (Lipinski definition) is 0. The van der Waals surface area contributed by atoms with Gasteiger partial charge in [-0.3, -0.25) is 14.4 Å². The van der Waals surface area contributed by atoms with Crippen molar-refractivity contribution in [2.45, 2.75) is 30.8 Å². The van der Waals surface area contributed by atoms with Crippen molar-refractivity contribution in [3.8, 4) is 0 Å². The molecule has 1 atom stereocenters. The molecule has 0 radical (unpaired) electrons. The first kappa shape index (κ1) is 24.0. The Morgan fingerprint density at radius 3 is 2.38 bits per heavy atom. The molecule has 1 saturated carbocycles. The summed E-state index contributed by atoms with van der Waals surface area (Å²) >= 11 is 5.08. The summed E-state index contributed by atoms with van der Waals surface area (Å²) in [5.41, 5.74) is 0.482. The van der Waals surface area contributed by atoms with Crippen LogP contribution in [0.4, 0.5) is 0 Å². The van der Waals surface area contributed by atoms with Gasteiger partial charge in [0.1, 0.15) is 12.2 Å². The average Bonchev–Trinajstić information content (AvgIpc) is 2.67. The quantitative estimate of drug-likeness (QED) is 0.223. The number of rotatable bonds is 11. The van der Waals surface area contributed by atoms with Crippen molar-refractivity contribution in [1.82, 2.24) is 0 Å². The summed E-state index contributed by atoms with van der Waals surface area (Å²) in [7, 11) is 1.58. The second kappa shape index (κ2) is 11.8. The summed E-state index contributed by atoms with van der Waals surface area (Å²) in [6.07, 6.45) is 2.37. The van der Waals surface area contributed by atoms with Crippen LogP contribution in [0.25, 0.3) is 0 Å². The van der Waals surface area contributed by atoms with Crippen LogP contribution in [0.3, 0.4) is 0 Å². The zero-order chi connectivity index (χ0) is 21.4. The third-order valence-electron chi connectivity index (χ3n) is 4.58. The van der Waals surface area contributed by atoms with Crippen molar-refractivity contribution in [2.24, 2.45) is 5.92 Å². The highest BCUT2D eigenvalue weighted by Crippen LogP contribution is 2.32. The van der Waals surface area contributed by atoms with Crippen LogP contribution in [-0.4, -0.2) is 61.7 Å². The highest BCUT2D eigenvalue weighted by Gasteiger charge is 2.38. The molecule has 9 heteroatoms. The van der Waals surface area contributed by atoms with Gasteiger partial charge in [0.05, 0.1) is 43.6 Å². The molecule has 0 aromatic heterocycles. The van der Waals surface area contributed by atoms with Gasteiger partial charge in [0.2, 0.25) is 0 Å². The summed E-state index contributed by atoms with van der Waals surface area (Å²) < 4.78 is 27.8. The van der Waals surface area contributed by atoms with Crippen molar-refractivity contribution in [3.05, 3.63) is 28.3 Å². The molecule has 1 aromatic carbocycles. The molecular weight excluding hydrogens is 420 g/mol. The van der Waals surface area contributed by atoms with Gasteiger partial charge in [-0.15, -0.1) is 0 Å². The Hall–Kier alpha value is -1.29. The number of carbonyl (C=O) groups is 3. The largest absolute Gasteiger partial charge is 0.612 e. The van der Waals surface area contributed by atoms with Crippen molar-refractivity contribution in [1.29, 1.82) is 0 Å². The van der Waals surface area contributed by atoms with E-state index in [1.807, 2.05) is 0 Å². The van der Waals surface area contributed by atoms with E-state index in [1.165, 1.54) is 18.4 Å². The standard InChI is InChI=1S/C20H25ClO7S/c1-26-8-9-27-10-11-28-12-14-17(29(2)25)7-6-13(19(14)21)20(24)18-15(22)4-3-5-16(18)23/h6-7,18H,3-5,8-12H2,1-2H3. The highest BCUT2D eigenvalue weighted by molar-refractivity contribution is 7.90. The molecule has 29 heavy (non-hydrogen) atoms. The van der Waals surface area contributed by atoms with Crippen LogP contribution in [0.15, 0.2) is 17.0 Å². The number of ether oxygens (including phenoxy) is 3. The number of ketones is 3. The molecule has 0 bridgehead atoms. The minimum atomic E-state index is -1.36. The van der Waals surface area contributed by atoms with E-state index >= 15 is 0 Å². The van der Waals surface area contributed by atoms with Crippen LogP contribution in [0.2, 0.25) is 5.02 Å². The first-order valence-corrected chi connectivity index (χ1v) is 11.2. The predicted octanol–water partition coefficient (Wildman–Crippen LogP) is 2.38. The van der Waals surface area contributed by atoms with Crippen molar-refractivity contribution < 1.29 is 33.1 Å². The normalized spacial score (nSPS) is 16.3. The maximum absolute atomic E-state index is 12.9. The summed E-state index contributed by atoms with van der Waals surface area (Å²) in [5, 5.41) is 0.0641. The van der Waals surface area contributed by atoms with E-state index < -0.39 is 22.9 Å². The lowest BCUT2D eigenvalue weighted by Gasteiger charge is -2.20. The first-order valence-electron chi connectivity index (χ1n) is 9.27. The van der Waals surface area contributed by atoms with E-state index in [9.17, 15) is 18.9 Å². The van der Waals surface area contributed by atoms with Gasteiger partial charge >= 0.3 is 0 Å². The summed E-state index contributed by atoms with van der Waals surface area (Å²) in [6, 6.07) is 2.95. The smallest absolute Gasteiger partial charge is 0.182 e. The van der Waals surface area contributed by atoms with E-state index in [0.717, 1.165) is 0 Å². The minimum Gasteiger partial charge on any atom is -0.612 e. The molecule has 0 heterocycles. The monoisotopic (exact) mass is 444 g/mol. The van der Waals surface area contributed by atoms with Crippen LogP contribution < -0.4 is 0 Å². The van der Waals surface area contributed by atoms with Crippen molar-refractivity contribution in [3.63, 3.8) is 0 Å². The van der Waals surface area contributed by atoms with Gasteiger partial charge in [-0.25, -0.2) is 0 Å². The Morgan fingerprint density at radius 2 is 1.76 bits per heavy atom. The fourth-order valence-electron chi connectivity index (χ4n) is 3.09. The molecule has 0 saturated heterocycles. The SMILES string of the molecule is COCCOCCOCc1c([S+](C)[O-])ccc(C(=O)C2C(=O)CCCC2=O)c1Cl. The number of halogens is 1. The van der Waals surface area contributed by atoms with Crippen molar-refractivity contribution in [2.75, 3.05) is 39.8 Å². The van der Waals surface area contributed by atoms with E-state index in [-0.39, 0.29) is 48.2 Å². The van der Waals surface area contributed by atoms with Gasteiger partial charge in [0, 0.05) is 25.5 Å². The average molecular weight is 445 g/mol. The van der Waals surface area contributed by atoms with Gasteiger partial charge in [-0.2, -0.15) is 0 Å². The molecule has 1 fully saturated rings. The topological polar surface area (TPSA) is 102 Å². The molecular formula is C20H25ClO7S. The van der Waals surface area contributed by atoms with Gasteiger partial charge in [0.25, 0.3) is 0 Å². The zero-order valence-corrected chi connectivity index (χ0v) is 18.1. The molecule has 0 spiro atoms. The molecule has 0 N–H and O–H groups in total. The Kier molecular flexibility index (Phi) is 9.74. The maximum atomic E-state index is 12.9. The van der Waals surface area contributed by atoms with E-state index in [1.54, 1.807) is 7.11 Å². The zero-order valence-electron chi connectivity index (χ0n) is 16.5. The molecule has 2 rings (SSSR count). The Balaban J connectivity index is 2.16. The predicted molar refractivity (Wildman–Crippen MR) is 108 cm³/mol. The van der Waals surface area contributed by atoms with E-state index in [0.29, 0.717) is 36.7 Å². The Labute approximate surface area is 178 Å². The molecule has 1 aliphatic rings. The fraction of sp³-hybridized carbons (Fsp3) is 0.550. The van der Waals surface area contributed by atoms with E-state index in [4.69, 9.17) is 25.8 Å². The van der Waals surface area contributed by atoms with Gasteiger partial charge < -0.3 is 18.8 Å². The van der Waals surface area contributed by atoms with E-state index in [2.05, 4.69) is 0 Å². The third kappa shape index (κ3) is 6.34. The number of benzene rings is 1.